The minimum absolute atomic E-state index is 0.0691. The van der Waals surface area contributed by atoms with Gasteiger partial charge in [-0.05, 0) is 24.7 Å². The zero-order chi connectivity index (χ0) is 12.0. The van der Waals surface area contributed by atoms with E-state index >= 15 is 0 Å². The van der Waals surface area contributed by atoms with Crippen molar-refractivity contribution in [2.75, 3.05) is 6.61 Å². The summed E-state index contributed by atoms with van der Waals surface area (Å²) in [6.45, 7) is 4.44. The van der Waals surface area contributed by atoms with Crippen LogP contribution in [0.25, 0.3) is 0 Å². The molecular formula is C13H18O2S. The van der Waals surface area contributed by atoms with Crippen molar-refractivity contribution in [2.45, 2.75) is 32.3 Å². The topological polar surface area (TPSA) is 29.5 Å². The number of rotatable bonds is 5. The maximum absolute atomic E-state index is 10.0. The molecule has 1 rings (SSSR count). The second-order valence-electron chi connectivity index (χ2n) is 3.78. The lowest BCUT2D eigenvalue weighted by molar-refractivity contribution is 0.149. The molecule has 0 heterocycles. The van der Waals surface area contributed by atoms with Crippen LogP contribution in [0.5, 0.6) is 0 Å². The van der Waals surface area contributed by atoms with Gasteiger partial charge in [-0.1, -0.05) is 37.3 Å². The highest BCUT2D eigenvalue weighted by atomic mass is 32.1. The van der Waals surface area contributed by atoms with Gasteiger partial charge in [0.15, 0.2) is 5.05 Å². The molecule has 2 atom stereocenters. The normalized spacial score (nSPS) is 14.2. The lowest BCUT2D eigenvalue weighted by Crippen LogP contribution is -2.20. The van der Waals surface area contributed by atoms with Crippen LogP contribution in [0, 0.1) is 0 Å². The molecule has 0 aliphatic carbocycles. The summed E-state index contributed by atoms with van der Waals surface area (Å²) in [6, 6.07) is 9.93. The molecule has 88 valence electrons. The van der Waals surface area contributed by atoms with Crippen LogP contribution in [0.1, 0.15) is 31.7 Å². The average molecular weight is 238 g/mol. The first-order chi connectivity index (χ1) is 7.65. The molecule has 0 radical (unpaired) electrons. The van der Waals surface area contributed by atoms with Gasteiger partial charge in [-0.2, -0.15) is 0 Å². The zero-order valence-electron chi connectivity index (χ0n) is 9.72. The summed E-state index contributed by atoms with van der Waals surface area (Å²) in [5.74, 6) is 0.0691. The number of thiocarbonyl (C=S) groups is 1. The predicted molar refractivity (Wildman–Crippen MR) is 69.7 cm³/mol. The van der Waals surface area contributed by atoms with Crippen LogP contribution in [0.2, 0.25) is 0 Å². The van der Waals surface area contributed by atoms with Crippen LogP contribution in [0.4, 0.5) is 0 Å². The molecule has 0 unspecified atom stereocenters. The summed E-state index contributed by atoms with van der Waals surface area (Å²) in [5.41, 5.74) is 1.12. The summed E-state index contributed by atoms with van der Waals surface area (Å²) in [4.78, 5) is 0. The Kier molecular flexibility index (Phi) is 5.43. The highest BCUT2D eigenvalue weighted by molar-refractivity contribution is 7.80. The van der Waals surface area contributed by atoms with E-state index in [9.17, 15) is 5.11 Å². The Morgan fingerprint density at radius 2 is 2.00 bits per heavy atom. The van der Waals surface area contributed by atoms with Gasteiger partial charge >= 0.3 is 0 Å². The second-order valence-corrected chi connectivity index (χ2v) is 4.23. The molecule has 0 bridgehead atoms. The molecule has 0 aromatic heterocycles. The van der Waals surface area contributed by atoms with Gasteiger partial charge in [0, 0.05) is 12.3 Å². The van der Waals surface area contributed by atoms with Crippen LogP contribution < -0.4 is 0 Å². The zero-order valence-corrected chi connectivity index (χ0v) is 10.5. The molecular weight excluding hydrogens is 220 g/mol. The Morgan fingerprint density at radius 3 is 2.56 bits per heavy atom. The first-order valence-corrected chi connectivity index (χ1v) is 5.94. The summed E-state index contributed by atoms with van der Waals surface area (Å²) in [5, 5.41) is 10.5. The molecule has 0 fully saturated rings. The van der Waals surface area contributed by atoms with Crippen LogP contribution in [0.15, 0.2) is 30.3 Å². The summed E-state index contributed by atoms with van der Waals surface area (Å²) in [6.07, 6.45) is -0.0689. The van der Waals surface area contributed by atoms with Gasteiger partial charge in [-0.15, -0.1) is 0 Å². The number of ether oxygens (including phenoxy) is 1. The third-order valence-electron chi connectivity index (χ3n) is 2.58. The molecule has 0 aliphatic heterocycles. The van der Waals surface area contributed by atoms with Gasteiger partial charge in [-0.25, -0.2) is 0 Å². The van der Waals surface area contributed by atoms with Gasteiger partial charge in [0.05, 0.1) is 12.7 Å². The monoisotopic (exact) mass is 238 g/mol. The summed E-state index contributed by atoms with van der Waals surface area (Å²) < 4.78 is 5.17. The molecule has 0 aliphatic rings. The number of aliphatic hydroxyl groups excluding tert-OH is 1. The van der Waals surface area contributed by atoms with Crippen molar-refractivity contribution in [1.82, 2.24) is 0 Å². The van der Waals surface area contributed by atoms with E-state index in [-0.39, 0.29) is 5.92 Å². The minimum atomic E-state index is -0.485. The summed E-state index contributed by atoms with van der Waals surface area (Å²) in [7, 11) is 0. The largest absolute Gasteiger partial charge is 0.487 e. The minimum Gasteiger partial charge on any atom is -0.487 e. The first-order valence-electron chi connectivity index (χ1n) is 5.53. The highest BCUT2D eigenvalue weighted by Gasteiger charge is 2.18. The van der Waals surface area contributed by atoms with Crippen molar-refractivity contribution in [3.63, 3.8) is 0 Å². The van der Waals surface area contributed by atoms with Crippen molar-refractivity contribution < 1.29 is 9.84 Å². The average Bonchev–Trinajstić information content (AvgIpc) is 2.29. The highest BCUT2D eigenvalue weighted by Crippen LogP contribution is 2.21. The molecule has 0 saturated carbocycles. The SMILES string of the molecule is CCOC(=S)C[C@H](O)[C@H](C)c1ccccc1. The van der Waals surface area contributed by atoms with Crippen LogP contribution >= 0.6 is 12.2 Å². The Bertz CT molecular complexity index is 324. The maximum Gasteiger partial charge on any atom is 0.162 e. The standard InChI is InChI=1S/C13H18O2S/c1-3-15-13(16)9-12(14)10(2)11-7-5-4-6-8-11/h4-8,10,12,14H,3,9H2,1-2H3/t10-,12+/m1/s1. The molecule has 1 aromatic rings. The predicted octanol–water partition coefficient (Wildman–Crippen LogP) is 2.91. The second kappa shape index (κ2) is 6.61. The first kappa shape index (κ1) is 13.1. The number of hydrogen-bond donors (Lipinski definition) is 1. The van der Waals surface area contributed by atoms with E-state index < -0.39 is 6.10 Å². The summed E-state index contributed by atoms with van der Waals surface area (Å²) >= 11 is 5.02. The van der Waals surface area contributed by atoms with E-state index in [0.29, 0.717) is 18.1 Å². The quantitative estimate of drug-likeness (QED) is 0.800. The number of hydrogen-bond acceptors (Lipinski definition) is 3. The molecule has 16 heavy (non-hydrogen) atoms. The van der Waals surface area contributed by atoms with Gasteiger partial charge in [-0.3, -0.25) is 0 Å². The molecule has 0 amide bonds. The van der Waals surface area contributed by atoms with Crippen molar-refractivity contribution >= 4 is 17.3 Å². The molecule has 3 heteroatoms. The fourth-order valence-corrected chi connectivity index (χ4v) is 1.83. The molecule has 1 N–H and O–H groups in total. The third kappa shape index (κ3) is 3.91. The van der Waals surface area contributed by atoms with E-state index in [1.54, 1.807) is 0 Å². The Labute approximate surface area is 102 Å². The lowest BCUT2D eigenvalue weighted by atomic mass is 9.94. The van der Waals surface area contributed by atoms with Gasteiger partial charge in [0.25, 0.3) is 0 Å². The van der Waals surface area contributed by atoms with Gasteiger partial charge in [0.1, 0.15) is 0 Å². The fourth-order valence-electron chi connectivity index (χ4n) is 1.55. The Hall–Kier alpha value is -0.930. The van der Waals surface area contributed by atoms with Crippen molar-refractivity contribution in [2.24, 2.45) is 0 Å². The van der Waals surface area contributed by atoms with E-state index in [0.717, 1.165) is 5.56 Å². The van der Waals surface area contributed by atoms with E-state index in [2.05, 4.69) is 0 Å². The van der Waals surface area contributed by atoms with Crippen LogP contribution in [-0.4, -0.2) is 22.9 Å². The van der Waals surface area contributed by atoms with Crippen LogP contribution in [0.3, 0.4) is 0 Å². The lowest BCUT2D eigenvalue weighted by Gasteiger charge is -2.19. The molecule has 2 nitrogen and oxygen atoms in total. The molecule has 0 spiro atoms. The van der Waals surface area contributed by atoms with Crippen LogP contribution in [-0.2, 0) is 4.74 Å². The maximum atomic E-state index is 10.0. The van der Waals surface area contributed by atoms with E-state index in [4.69, 9.17) is 17.0 Å². The van der Waals surface area contributed by atoms with Gasteiger partial charge in [0.2, 0.25) is 0 Å². The van der Waals surface area contributed by atoms with E-state index in [1.165, 1.54) is 0 Å². The van der Waals surface area contributed by atoms with Crippen molar-refractivity contribution in [3.05, 3.63) is 35.9 Å². The smallest absolute Gasteiger partial charge is 0.162 e. The third-order valence-corrected chi connectivity index (χ3v) is 2.87. The Morgan fingerprint density at radius 1 is 1.38 bits per heavy atom. The van der Waals surface area contributed by atoms with Gasteiger partial charge < -0.3 is 9.84 Å². The van der Waals surface area contributed by atoms with Crippen molar-refractivity contribution in [1.29, 1.82) is 0 Å². The molecule has 0 saturated heterocycles. The fraction of sp³-hybridized carbons (Fsp3) is 0.462. The number of benzene rings is 1. The van der Waals surface area contributed by atoms with Crippen molar-refractivity contribution in [3.8, 4) is 0 Å². The number of aliphatic hydroxyl groups is 1. The molecule has 1 aromatic carbocycles. The van der Waals surface area contributed by atoms with E-state index in [1.807, 2.05) is 44.2 Å². The Balaban J connectivity index is 2.54.